The van der Waals surface area contributed by atoms with Crippen molar-refractivity contribution in [2.75, 3.05) is 0 Å². The van der Waals surface area contributed by atoms with E-state index in [9.17, 15) is 4.79 Å². The maximum atomic E-state index is 11.2. The number of rotatable bonds is 2. The van der Waals surface area contributed by atoms with Crippen molar-refractivity contribution in [2.24, 2.45) is 5.92 Å². The average molecular weight is 292 g/mol. The molecule has 110 valence electrons. The highest BCUT2D eigenvalue weighted by Crippen LogP contribution is 2.27. The van der Waals surface area contributed by atoms with Crippen molar-refractivity contribution in [1.29, 1.82) is 0 Å². The number of carbonyl (C=O) groups is 1. The number of carboxylic acid groups (broad SMARTS) is 1. The monoisotopic (exact) mass is 292 g/mol. The molecule has 0 saturated carbocycles. The lowest BCUT2D eigenvalue weighted by atomic mass is 9.98. The fourth-order valence-corrected chi connectivity index (χ4v) is 3.13. The first-order valence-electron chi connectivity index (χ1n) is 7.49. The number of fused-ring (bicyclic) bond motifs is 2. The van der Waals surface area contributed by atoms with Gasteiger partial charge in [-0.2, -0.15) is 0 Å². The smallest absolute Gasteiger partial charge is 0.307 e. The summed E-state index contributed by atoms with van der Waals surface area (Å²) in [6.07, 6.45) is 3.23. The molecule has 1 aromatic heterocycles. The van der Waals surface area contributed by atoms with Crippen LogP contribution in [0.25, 0.3) is 22.0 Å². The van der Waals surface area contributed by atoms with Crippen molar-refractivity contribution in [3.05, 3.63) is 54.5 Å². The van der Waals surface area contributed by atoms with E-state index < -0.39 is 5.97 Å². The maximum Gasteiger partial charge on any atom is 0.307 e. The van der Waals surface area contributed by atoms with Crippen LogP contribution in [0.5, 0.6) is 0 Å². The summed E-state index contributed by atoms with van der Waals surface area (Å²) in [6, 6.07) is 14.6. The number of hydrogen-bond acceptors (Lipinski definition) is 2. The number of nitrogens with zero attached hydrogens (tertiary/aromatic N) is 2. The Kier molecular flexibility index (Phi) is 2.96. The summed E-state index contributed by atoms with van der Waals surface area (Å²) in [5.41, 5.74) is 2.00. The van der Waals surface area contributed by atoms with Gasteiger partial charge in [-0.1, -0.05) is 36.4 Å². The van der Waals surface area contributed by atoms with Gasteiger partial charge in [0.2, 0.25) is 0 Å². The maximum absolute atomic E-state index is 11.2. The van der Waals surface area contributed by atoms with Gasteiger partial charge in [-0.25, -0.2) is 4.98 Å². The first-order chi connectivity index (χ1) is 10.7. The van der Waals surface area contributed by atoms with Crippen LogP contribution >= 0.6 is 0 Å². The van der Waals surface area contributed by atoms with Crippen LogP contribution in [-0.4, -0.2) is 20.6 Å². The highest BCUT2D eigenvalue weighted by Gasteiger charge is 2.25. The SMILES string of the molecule is O=C(O)C1CCn2cc(-c3ccc4ccccc4c3)nc2C1. The summed E-state index contributed by atoms with van der Waals surface area (Å²) in [5, 5.41) is 11.6. The van der Waals surface area contributed by atoms with Gasteiger partial charge in [0.25, 0.3) is 0 Å². The van der Waals surface area contributed by atoms with Crippen LogP contribution in [0, 0.1) is 5.92 Å². The lowest BCUT2D eigenvalue weighted by Crippen LogP contribution is -2.25. The predicted octanol–water partition coefficient (Wildman–Crippen LogP) is 3.35. The minimum Gasteiger partial charge on any atom is -0.481 e. The van der Waals surface area contributed by atoms with Crippen molar-refractivity contribution < 1.29 is 9.90 Å². The van der Waals surface area contributed by atoms with Crippen molar-refractivity contribution >= 4 is 16.7 Å². The van der Waals surface area contributed by atoms with E-state index in [1.54, 1.807) is 0 Å². The molecule has 4 heteroatoms. The number of aryl methyl sites for hydroxylation is 1. The molecule has 3 aromatic rings. The molecule has 4 nitrogen and oxygen atoms in total. The molecule has 22 heavy (non-hydrogen) atoms. The topological polar surface area (TPSA) is 55.1 Å². The molecule has 1 aliphatic heterocycles. The molecular weight excluding hydrogens is 276 g/mol. The van der Waals surface area contributed by atoms with Gasteiger partial charge in [0.05, 0.1) is 11.6 Å². The molecule has 0 fully saturated rings. The molecule has 0 aliphatic carbocycles. The fourth-order valence-electron chi connectivity index (χ4n) is 3.13. The lowest BCUT2D eigenvalue weighted by Gasteiger charge is -2.19. The molecule has 0 radical (unpaired) electrons. The Balaban J connectivity index is 1.72. The van der Waals surface area contributed by atoms with Crippen LogP contribution in [0.2, 0.25) is 0 Å². The van der Waals surface area contributed by atoms with Gasteiger partial charge >= 0.3 is 5.97 Å². The normalized spacial score (nSPS) is 17.4. The quantitative estimate of drug-likeness (QED) is 0.788. The minimum absolute atomic E-state index is 0.306. The Labute approximate surface area is 128 Å². The van der Waals surface area contributed by atoms with Crippen molar-refractivity contribution in [2.45, 2.75) is 19.4 Å². The fraction of sp³-hybridized carbons (Fsp3) is 0.222. The van der Waals surface area contributed by atoms with Gasteiger partial charge in [0.15, 0.2) is 0 Å². The number of benzene rings is 2. The van der Waals surface area contributed by atoms with Gasteiger partial charge in [0, 0.05) is 24.7 Å². The van der Waals surface area contributed by atoms with E-state index in [0.29, 0.717) is 12.8 Å². The van der Waals surface area contributed by atoms with E-state index in [0.717, 1.165) is 23.6 Å². The van der Waals surface area contributed by atoms with E-state index >= 15 is 0 Å². The van der Waals surface area contributed by atoms with E-state index in [2.05, 4.69) is 39.9 Å². The third-order valence-electron chi connectivity index (χ3n) is 4.40. The van der Waals surface area contributed by atoms with E-state index in [-0.39, 0.29) is 5.92 Å². The van der Waals surface area contributed by atoms with E-state index in [1.807, 2.05) is 18.3 Å². The molecule has 1 aliphatic rings. The molecule has 1 unspecified atom stereocenters. The first kappa shape index (κ1) is 13.1. The van der Waals surface area contributed by atoms with Crippen LogP contribution in [-0.2, 0) is 17.8 Å². The number of aromatic nitrogens is 2. The summed E-state index contributed by atoms with van der Waals surface area (Å²) in [4.78, 5) is 15.8. The summed E-state index contributed by atoms with van der Waals surface area (Å²) in [6.45, 7) is 0.729. The average Bonchev–Trinajstić information content (AvgIpc) is 2.97. The molecular formula is C18H16N2O2. The molecule has 1 atom stereocenters. The number of carboxylic acids is 1. The Morgan fingerprint density at radius 1 is 1.18 bits per heavy atom. The molecule has 0 saturated heterocycles. The Hall–Kier alpha value is -2.62. The Morgan fingerprint density at radius 3 is 2.82 bits per heavy atom. The summed E-state index contributed by atoms with van der Waals surface area (Å²) in [5.74, 6) is -0.150. The van der Waals surface area contributed by atoms with E-state index in [1.165, 1.54) is 10.8 Å². The minimum atomic E-state index is -0.721. The third-order valence-corrected chi connectivity index (χ3v) is 4.40. The highest BCUT2D eigenvalue weighted by atomic mass is 16.4. The number of imidazole rings is 1. The lowest BCUT2D eigenvalue weighted by molar-refractivity contribution is -0.142. The summed E-state index contributed by atoms with van der Waals surface area (Å²) < 4.78 is 2.09. The molecule has 4 rings (SSSR count). The zero-order chi connectivity index (χ0) is 15.1. The predicted molar refractivity (Wildman–Crippen MR) is 84.6 cm³/mol. The van der Waals surface area contributed by atoms with Crippen LogP contribution in [0.1, 0.15) is 12.2 Å². The second-order valence-electron chi connectivity index (χ2n) is 5.83. The van der Waals surface area contributed by atoms with Crippen molar-refractivity contribution in [3.63, 3.8) is 0 Å². The van der Waals surface area contributed by atoms with Crippen LogP contribution < -0.4 is 0 Å². The zero-order valence-corrected chi connectivity index (χ0v) is 12.1. The zero-order valence-electron chi connectivity index (χ0n) is 12.1. The largest absolute Gasteiger partial charge is 0.481 e. The van der Waals surface area contributed by atoms with Gasteiger partial charge < -0.3 is 9.67 Å². The van der Waals surface area contributed by atoms with Crippen LogP contribution in [0.15, 0.2) is 48.7 Å². The molecule has 0 amide bonds. The molecule has 2 heterocycles. The number of aliphatic carboxylic acids is 1. The standard InChI is InChI=1S/C18H16N2O2/c21-18(22)15-7-8-20-11-16(19-17(20)10-15)14-6-5-12-3-1-2-4-13(12)9-14/h1-6,9,11,15H,7-8,10H2,(H,21,22). The van der Waals surface area contributed by atoms with Crippen molar-refractivity contribution in [1.82, 2.24) is 9.55 Å². The summed E-state index contributed by atoms with van der Waals surface area (Å²) >= 11 is 0. The molecule has 1 N–H and O–H groups in total. The van der Waals surface area contributed by atoms with Gasteiger partial charge in [-0.05, 0) is 23.3 Å². The second kappa shape index (κ2) is 4.98. The van der Waals surface area contributed by atoms with Gasteiger partial charge in [0.1, 0.15) is 5.82 Å². The van der Waals surface area contributed by atoms with E-state index in [4.69, 9.17) is 5.11 Å². The molecule has 2 aromatic carbocycles. The molecule has 0 spiro atoms. The van der Waals surface area contributed by atoms with Gasteiger partial charge in [-0.15, -0.1) is 0 Å². The number of hydrogen-bond donors (Lipinski definition) is 1. The van der Waals surface area contributed by atoms with Crippen molar-refractivity contribution in [3.8, 4) is 11.3 Å². The first-order valence-corrected chi connectivity index (χ1v) is 7.49. The second-order valence-corrected chi connectivity index (χ2v) is 5.83. The van der Waals surface area contributed by atoms with Crippen LogP contribution in [0.3, 0.4) is 0 Å². The summed E-state index contributed by atoms with van der Waals surface area (Å²) in [7, 11) is 0. The Bertz CT molecular complexity index is 866. The van der Waals surface area contributed by atoms with Gasteiger partial charge in [-0.3, -0.25) is 4.79 Å². The Morgan fingerprint density at radius 2 is 2.00 bits per heavy atom. The molecule has 0 bridgehead atoms. The highest BCUT2D eigenvalue weighted by molar-refractivity contribution is 5.86. The third kappa shape index (κ3) is 2.17. The van der Waals surface area contributed by atoms with Crippen LogP contribution in [0.4, 0.5) is 0 Å².